The van der Waals surface area contributed by atoms with Gasteiger partial charge in [-0.1, -0.05) is 25.1 Å². The highest BCUT2D eigenvalue weighted by atomic mass is 127. The molecular weight excluding hydrogens is 529 g/mol. The van der Waals surface area contributed by atoms with Crippen LogP contribution in [-0.4, -0.2) is 59.4 Å². The first-order valence-electron chi connectivity index (χ1n) is 9.77. The maximum Gasteiger partial charge on any atom is 0.193 e. The number of nitrogens with zero attached hydrogens (tertiary/aromatic N) is 2. The maximum atomic E-state index is 12.8. The summed E-state index contributed by atoms with van der Waals surface area (Å²) in [4.78, 5) is 6.60. The van der Waals surface area contributed by atoms with Crippen molar-refractivity contribution in [3.8, 4) is 11.5 Å². The number of nitrogens with one attached hydrogen (secondary N) is 1. The Bertz CT molecular complexity index is 952. The van der Waals surface area contributed by atoms with Crippen LogP contribution in [0.25, 0.3) is 0 Å². The molecule has 2 rings (SSSR count). The lowest BCUT2D eigenvalue weighted by Crippen LogP contribution is -2.46. The number of ether oxygens (including phenoxy) is 2. The van der Waals surface area contributed by atoms with E-state index in [1.807, 2.05) is 37.1 Å². The summed E-state index contributed by atoms with van der Waals surface area (Å²) in [6.07, 6.45) is 0.644. The summed E-state index contributed by atoms with van der Waals surface area (Å²) in [5.41, 5.74) is 0.966. The molecule has 1 N–H and O–H groups in total. The van der Waals surface area contributed by atoms with Crippen LogP contribution < -0.4 is 14.8 Å². The first kappa shape index (κ1) is 27.0. The van der Waals surface area contributed by atoms with Gasteiger partial charge >= 0.3 is 0 Å². The van der Waals surface area contributed by atoms with Gasteiger partial charge in [-0.3, -0.25) is 4.99 Å². The lowest BCUT2D eigenvalue weighted by molar-refractivity contribution is 0.381. The Morgan fingerprint density at radius 1 is 1.13 bits per heavy atom. The van der Waals surface area contributed by atoms with Crippen LogP contribution in [0.15, 0.2) is 58.4 Å². The molecule has 9 heteroatoms. The quantitative estimate of drug-likeness (QED) is 0.287. The molecule has 2 aromatic carbocycles. The van der Waals surface area contributed by atoms with E-state index < -0.39 is 9.84 Å². The van der Waals surface area contributed by atoms with Crippen molar-refractivity contribution in [3.05, 3.63) is 54.1 Å². The Labute approximate surface area is 202 Å². The van der Waals surface area contributed by atoms with Gasteiger partial charge in [-0.05, 0) is 30.7 Å². The predicted molar refractivity (Wildman–Crippen MR) is 135 cm³/mol. The predicted octanol–water partition coefficient (Wildman–Crippen LogP) is 3.58. The van der Waals surface area contributed by atoms with Crippen LogP contribution in [0, 0.1) is 0 Å². The molecule has 0 aromatic heterocycles. The molecule has 0 radical (unpaired) electrons. The van der Waals surface area contributed by atoms with Crippen molar-refractivity contribution in [2.75, 3.05) is 34.1 Å². The fraction of sp³-hybridized carbons (Fsp3) is 0.409. The molecule has 2 aromatic rings. The summed E-state index contributed by atoms with van der Waals surface area (Å²) in [6.45, 7) is 2.49. The van der Waals surface area contributed by atoms with Crippen LogP contribution in [0.1, 0.15) is 18.9 Å². The molecule has 0 saturated carbocycles. The first-order chi connectivity index (χ1) is 14.3. The van der Waals surface area contributed by atoms with Crippen molar-refractivity contribution in [3.63, 3.8) is 0 Å². The summed E-state index contributed by atoms with van der Waals surface area (Å²) in [5, 5.41) is 3.29. The molecule has 1 atom stereocenters. The molecule has 172 valence electrons. The number of guanidine groups is 1. The van der Waals surface area contributed by atoms with E-state index in [0.29, 0.717) is 23.8 Å². The standard InChI is InChI=1S/C22H31N3O4S.HI/c1-6-18(16-30(26,27)20-10-8-7-9-11-20)24-22(23-2)25(3)15-17-12-13-19(28-4)14-21(17)29-5;/h7-14,18H,6,15-16H2,1-5H3,(H,23,24);1H. The van der Waals surface area contributed by atoms with E-state index in [2.05, 4.69) is 10.3 Å². The third-order valence-electron chi connectivity index (χ3n) is 4.82. The summed E-state index contributed by atoms with van der Waals surface area (Å²) in [7, 11) is 3.41. The van der Waals surface area contributed by atoms with Gasteiger partial charge in [0.1, 0.15) is 11.5 Å². The molecule has 0 heterocycles. The molecule has 0 aliphatic carbocycles. The fourth-order valence-corrected chi connectivity index (χ4v) is 4.70. The number of aliphatic imine (C=N–C) groups is 1. The van der Waals surface area contributed by atoms with Gasteiger partial charge in [0, 0.05) is 38.3 Å². The van der Waals surface area contributed by atoms with Gasteiger partial charge in [0.25, 0.3) is 0 Å². The number of halogens is 1. The minimum atomic E-state index is -3.40. The van der Waals surface area contributed by atoms with Gasteiger partial charge in [0.2, 0.25) is 0 Å². The highest BCUT2D eigenvalue weighted by Crippen LogP contribution is 2.25. The molecule has 7 nitrogen and oxygen atoms in total. The first-order valence-corrected chi connectivity index (χ1v) is 11.4. The molecule has 31 heavy (non-hydrogen) atoms. The lowest BCUT2D eigenvalue weighted by atomic mass is 10.2. The second-order valence-electron chi connectivity index (χ2n) is 6.93. The second kappa shape index (κ2) is 12.7. The molecule has 0 amide bonds. The average Bonchev–Trinajstić information content (AvgIpc) is 2.77. The van der Waals surface area contributed by atoms with Crippen LogP contribution in [0.5, 0.6) is 11.5 Å². The van der Waals surface area contributed by atoms with Crippen molar-refractivity contribution >= 4 is 39.8 Å². The van der Waals surface area contributed by atoms with Crippen molar-refractivity contribution in [2.45, 2.75) is 30.8 Å². The van der Waals surface area contributed by atoms with E-state index >= 15 is 0 Å². The van der Waals surface area contributed by atoms with Crippen molar-refractivity contribution < 1.29 is 17.9 Å². The van der Waals surface area contributed by atoms with E-state index in [1.54, 1.807) is 51.6 Å². The van der Waals surface area contributed by atoms with Crippen LogP contribution >= 0.6 is 24.0 Å². The van der Waals surface area contributed by atoms with Gasteiger partial charge in [0.15, 0.2) is 15.8 Å². The van der Waals surface area contributed by atoms with Gasteiger partial charge < -0.3 is 19.7 Å². The maximum absolute atomic E-state index is 12.8. The Balaban J connectivity index is 0.00000480. The van der Waals surface area contributed by atoms with Crippen molar-refractivity contribution in [2.24, 2.45) is 4.99 Å². The van der Waals surface area contributed by atoms with Crippen molar-refractivity contribution in [1.82, 2.24) is 10.2 Å². The van der Waals surface area contributed by atoms with Gasteiger partial charge in [0.05, 0.1) is 24.9 Å². The van der Waals surface area contributed by atoms with E-state index in [1.165, 1.54) is 0 Å². The topological polar surface area (TPSA) is 80.2 Å². The highest BCUT2D eigenvalue weighted by molar-refractivity contribution is 14.0. The smallest absolute Gasteiger partial charge is 0.193 e. The molecule has 0 aliphatic rings. The van der Waals surface area contributed by atoms with E-state index in [9.17, 15) is 8.42 Å². The molecule has 1 unspecified atom stereocenters. The molecular formula is C22H32IN3O4S. The average molecular weight is 561 g/mol. The summed E-state index contributed by atoms with van der Waals surface area (Å²) in [6, 6.07) is 13.9. The monoisotopic (exact) mass is 561 g/mol. The van der Waals surface area contributed by atoms with E-state index in [4.69, 9.17) is 9.47 Å². The van der Waals surface area contributed by atoms with Gasteiger partial charge in [-0.2, -0.15) is 0 Å². The number of hydrogen-bond donors (Lipinski definition) is 1. The SMILES string of the molecule is CCC(CS(=O)(=O)c1ccccc1)NC(=NC)N(C)Cc1ccc(OC)cc1OC.I. The highest BCUT2D eigenvalue weighted by Gasteiger charge is 2.22. The minimum Gasteiger partial charge on any atom is -0.497 e. The molecule has 0 saturated heterocycles. The van der Waals surface area contributed by atoms with Gasteiger partial charge in [-0.15, -0.1) is 24.0 Å². The largest absolute Gasteiger partial charge is 0.497 e. The van der Waals surface area contributed by atoms with Crippen LogP contribution in [0.3, 0.4) is 0 Å². The molecule has 0 fully saturated rings. The summed E-state index contributed by atoms with van der Waals surface area (Å²) >= 11 is 0. The number of hydrogen-bond acceptors (Lipinski definition) is 5. The number of sulfone groups is 1. The van der Waals surface area contributed by atoms with Gasteiger partial charge in [-0.25, -0.2) is 8.42 Å². The normalized spacial score (nSPS) is 12.5. The third kappa shape index (κ3) is 7.57. The summed E-state index contributed by atoms with van der Waals surface area (Å²) < 4.78 is 36.2. The van der Waals surface area contributed by atoms with Crippen molar-refractivity contribution in [1.29, 1.82) is 0 Å². The number of rotatable bonds is 9. The molecule has 0 bridgehead atoms. The zero-order valence-electron chi connectivity index (χ0n) is 18.7. The second-order valence-corrected chi connectivity index (χ2v) is 8.96. The third-order valence-corrected chi connectivity index (χ3v) is 6.66. The Morgan fingerprint density at radius 2 is 1.81 bits per heavy atom. The van der Waals surface area contributed by atoms with Crippen LogP contribution in [0.2, 0.25) is 0 Å². The fourth-order valence-electron chi connectivity index (χ4n) is 3.09. The zero-order chi connectivity index (χ0) is 22.1. The Hall–Kier alpha value is -2.01. The zero-order valence-corrected chi connectivity index (χ0v) is 21.8. The van der Waals surface area contributed by atoms with Crippen LogP contribution in [-0.2, 0) is 16.4 Å². The van der Waals surface area contributed by atoms with E-state index in [-0.39, 0.29) is 35.8 Å². The Kier molecular flexibility index (Phi) is 11.1. The lowest BCUT2D eigenvalue weighted by Gasteiger charge is -2.27. The van der Waals surface area contributed by atoms with Crippen LogP contribution in [0.4, 0.5) is 0 Å². The Morgan fingerprint density at radius 3 is 2.35 bits per heavy atom. The number of benzene rings is 2. The summed E-state index contributed by atoms with van der Waals surface area (Å²) in [5.74, 6) is 2.04. The molecule has 0 aliphatic heterocycles. The van der Waals surface area contributed by atoms with E-state index in [0.717, 1.165) is 17.1 Å². The number of methoxy groups -OCH3 is 2. The minimum absolute atomic E-state index is 0. The molecule has 0 spiro atoms.